The molecule has 1 heterocycles. The van der Waals surface area contributed by atoms with Gasteiger partial charge in [-0.25, -0.2) is 4.39 Å². The van der Waals surface area contributed by atoms with Crippen molar-refractivity contribution < 1.29 is 18.7 Å². The molecule has 2 aromatic carbocycles. The number of halogens is 1. The molecule has 0 atom stereocenters. The summed E-state index contributed by atoms with van der Waals surface area (Å²) >= 11 is 0. The van der Waals surface area contributed by atoms with Crippen LogP contribution in [0, 0.1) is 18.2 Å². The average Bonchev–Trinajstić information content (AvgIpc) is 2.60. The molecule has 148 valence electrons. The van der Waals surface area contributed by atoms with Gasteiger partial charge in [-0.05, 0) is 48.2 Å². The normalized spacial score (nSPS) is 13.5. The van der Waals surface area contributed by atoms with Crippen LogP contribution in [-0.4, -0.2) is 25.0 Å². The molecule has 0 fully saturated rings. The average molecular weight is 384 g/mol. The minimum Gasteiger partial charge on any atom is -0.489 e. The largest absolute Gasteiger partial charge is 0.489 e. The number of ether oxygens (including phenoxy) is 1. The Morgan fingerprint density at radius 3 is 2.50 bits per heavy atom. The number of hydrogen-bond acceptors (Lipinski definition) is 3. The second kappa shape index (κ2) is 7.62. The van der Waals surface area contributed by atoms with Gasteiger partial charge < -0.3 is 15.0 Å². The first kappa shape index (κ1) is 19.9. The molecule has 0 saturated carbocycles. The zero-order valence-electron chi connectivity index (χ0n) is 16.6. The molecule has 2 amide bonds. The van der Waals surface area contributed by atoms with Crippen molar-refractivity contribution in [3.63, 3.8) is 0 Å². The number of carbonyl (C=O) groups is 2. The topological polar surface area (TPSA) is 58.6 Å². The predicted molar refractivity (Wildman–Crippen MR) is 107 cm³/mol. The van der Waals surface area contributed by atoms with Gasteiger partial charge in [-0.2, -0.15) is 0 Å². The van der Waals surface area contributed by atoms with Gasteiger partial charge in [0.2, 0.25) is 5.91 Å². The van der Waals surface area contributed by atoms with Crippen molar-refractivity contribution in [3.05, 3.63) is 53.3 Å². The van der Waals surface area contributed by atoms with E-state index in [4.69, 9.17) is 4.74 Å². The van der Waals surface area contributed by atoms with Gasteiger partial charge >= 0.3 is 0 Å². The van der Waals surface area contributed by atoms with Crippen molar-refractivity contribution in [1.82, 2.24) is 0 Å². The zero-order valence-corrected chi connectivity index (χ0v) is 16.6. The molecular formula is C22H25FN2O3. The van der Waals surface area contributed by atoms with Crippen LogP contribution in [0.1, 0.15) is 43.1 Å². The molecule has 0 unspecified atom stereocenters. The number of carbonyl (C=O) groups excluding carboxylic acids is 2. The van der Waals surface area contributed by atoms with Crippen LogP contribution in [0.2, 0.25) is 0 Å². The second-order valence-corrected chi connectivity index (χ2v) is 8.23. The number of nitrogens with one attached hydrogen (secondary N) is 1. The lowest BCUT2D eigenvalue weighted by Crippen LogP contribution is -2.38. The summed E-state index contributed by atoms with van der Waals surface area (Å²) in [5.41, 5.74) is 2.45. The standard InChI is InChI=1S/C22H25FN2O3/c1-14-11-18-19(12-17(14)24-20(26)13-22(2,3)4)28-10-9-25(18)21(27)15-5-7-16(23)8-6-15/h5-8,11-12H,9-10,13H2,1-4H3,(H,24,26). The van der Waals surface area contributed by atoms with E-state index in [0.717, 1.165) is 5.56 Å². The van der Waals surface area contributed by atoms with E-state index in [1.54, 1.807) is 11.0 Å². The molecule has 0 saturated heterocycles. The van der Waals surface area contributed by atoms with Crippen LogP contribution in [0.4, 0.5) is 15.8 Å². The Kier molecular flexibility index (Phi) is 5.40. The van der Waals surface area contributed by atoms with Crippen molar-refractivity contribution in [2.24, 2.45) is 5.41 Å². The number of rotatable bonds is 3. The Morgan fingerprint density at radius 1 is 1.18 bits per heavy atom. The number of aryl methyl sites for hydroxylation is 1. The van der Waals surface area contributed by atoms with E-state index < -0.39 is 0 Å². The van der Waals surface area contributed by atoms with Gasteiger partial charge in [0, 0.05) is 23.7 Å². The maximum Gasteiger partial charge on any atom is 0.258 e. The Bertz CT molecular complexity index is 901. The van der Waals surface area contributed by atoms with E-state index in [1.807, 2.05) is 33.8 Å². The van der Waals surface area contributed by atoms with E-state index in [0.29, 0.717) is 42.3 Å². The van der Waals surface area contributed by atoms with Crippen LogP contribution < -0.4 is 15.0 Å². The number of benzene rings is 2. The molecule has 3 rings (SSSR count). The highest BCUT2D eigenvalue weighted by atomic mass is 19.1. The summed E-state index contributed by atoms with van der Waals surface area (Å²) < 4.78 is 18.9. The summed E-state index contributed by atoms with van der Waals surface area (Å²) in [5, 5.41) is 2.93. The van der Waals surface area contributed by atoms with Gasteiger partial charge in [0.25, 0.3) is 5.91 Å². The Balaban J connectivity index is 1.86. The summed E-state index contributed by atoms with van der Waals surface area (Å²) in [6, 6.07) is 9.08. The van der Waals surface area contributed by atoms with Gasteiger partial charge in [0.05, 0.1) is 12.2 Å². The van der Waals surface area contributed by atoms with Crippen LogP contribution >= 0.6 is 0 Å². The first-order chi connectivity index (χ1) is 13.1. The van der Waals surface area contributed by atoms with Crippen molar-refractivity contribution in [2.45, 2.75) is 34.1 Å². The summed E-state index contributed by atoms with van der Waals surface area (Å²) in [5.74, 6) is -0.122. The molecular weight excluding hydrogens is 359 g/mol. The number of fused-ring (bicyclic) bond motifs is 1. The quantitative estimate of drug-likeness (QED) is 0.845. The maximum absolute atomic E-state index is 13.2. The summed E-state index contributed by atoms with van der Waals surface area (Å²) in [6.45, 7) is 8.65. The smallest absolute Gasteiger partial charge is 0.258 e. The predicted octanol–water partition coefficient (Wildman–Crippen LogP) is 4.55. The summed E-state index contributed by atoms with van der Waals surface area (Å²) in [6.07, 6.45) is 0.402. The lowest BCUT2D eigenvalue weighted by atomic mass is 9.92. The van der Waals surface area contributed by atoms with E-state index in [2.05, 4.69) is 5.32 Å². The molecule has 1 aliphatic rings. The van der Waals surface area contributed by atoms with E-state index in [1.165, 1.54) is 24.3 Å². The second-order valence-electron chi connectivity index (χ2n) is 8.23. The van der Waals surface area contributed by atoms with Crippen molar-refractivity contribution in [1.29, 1.82) is 0 Å². The van der Waals surface area contributed by atoms with Gasteiger partial charge in [-0.15, -0.1) is 0 Å². The molecule has 6 heteroatoms. The highest BCUT2D eigenvalue weighted by Crippen LogP contribution is 2.37. The van der Waals surface area contributed by atoms with Gasteiger partial charge in [0.1, 0.15) is 18.2 Å². The van der Waals surface area contributed by atoms with Gasteiger partial charge in [0.15, 0.2) is 0 Å². The Labute approximate surface area is 164 Å². The van der Waals surface area contributed by atoms with Crippen LogP contribution in [0.15, 0.2) is 36.4 Å². The van der Waals surface area contributed by atoms with E-state index in [9.17, 15) is 14.0 Å². The third kappa shape index (κ3) is 4.50. The molecule has 1 aliphatic heterocycles. The number of anilines is 2. The van der Waals surface area contributed by atoms with Crippen LogP contribution in [0.3, 0.4) is 0 Å². The summed E-state index contributed by atoms with van der Waals surface area (Å²) in [7, 11) is 0. The minimum atomic E-state index is -0.384. The molecule has 0 spiro atoms. The number of amides is 2. The number of nitrogens with zero attached hydrogens (tertiary/aromatic N) is 1. The molecule has 1 N–H and O–H groups in total. The fraction of sp³-hybridized carbons (Fsp3) is 0.364. The van der Waals surface area contributed by atoms with Crippen molar-refractivity contribution in [2.75, 3.05) is 23.4 Å². The van der Waals surface area contributed by atoms with Gasteiger partial charge in [-0.1, -0.05) is 20.8 Å². The molecule has 5 nitrogen and oxygen atoms in total. The van der Waals surface area contributed by atoms with Crippen LogP contribution in [-0.2, 0) is 4.79 Å². The first-order valence-corrected chi connectivity index (χ1v) is 9.29. The van der Waals surface area contributed by atoms with E-state index in [-0.39, 0.29) is 23.0 Å². The van der Waals surface area contributed by atoms with Crippen LogP contribution in [0.25, 0.3) is 0 Å². The minimum absolute atomic E-state index is 0.0643. The Hall–Kier alpha value is -2.89. The Morgan fingerprint density at radius 2 is 1.86 bits per heavy atom. The maximum atomic E-state index is 13.2. The molecule has 28 heavy (non-hydrogen) atoms. The molecule has 0 aliphatic carbocycles. The molecule has 0 bridgehead atoms. The van der Waals surface area contributed by atoms with Crippen molar-refractivity contribution >= 4 is 23.2 Å². The van der Waals surface area contributed by atoms with Gasteiger partial charge in [-0.3, -0.25) is 9.59 Å². The lowest BCUT2D eigenvalue weighted by molar-refractivity contribution is -0.117. The third-order valence-electron chi connectivity index (χ3n) is 4.47. The zero-order chi connectivity index (χ0) is 20.5. The van der Waals surface area contributed by atoms with Crippen molar-refractivity contribution in [3.8, 4) is 5.75 Å². The molecule has 0 radical (unpaired) electrons. The monoisotopic (exact) mass is 384 g/mol. The summed E-state index contributed by atoms with van der Waals surface area (Å²) in [4.78, 5) is 26.8. The third-order valence-corrected chi connectivity index (χ3v) is 4.47. The highest BCUT2D eigenvalue weighted by Gasteiger charge is 2.26. The fourth-order valence-electron chi connectivity index (χ4n) is 3.14. The molecule has 2 aromatic rings. The molecule has 0 aromatic heterocycles. The first-order valence-electron chi connectivity index (χ1n) is 9.29. The SMILES string of the molecule is Cc1cc2c(cc1NC(=O)CC(C)(C)C)OCCN2C(=O)c1ccc(F)cc1. The fourth-order valence-corrected chi connectivity index (χ4v) is 3.14. The van der Waals surface area contributed by atoms with E-state index >= 15 is 0 Å². The number of hydrogen-bond donors (Lipinski definition) is 1. The van der Waals surface area contributed by atoms with Crippen LogP contribution in [0.5, 0.6) is 5.75 Å². The lowest BCUT2D eigenvalue weighted by Gasteiger charge is -2.30. The highest BCUT2D eigenvalue weighted by molar-refractivity contribution is 6.07.